The van der Waals surface area contributed by atoms with Gasteiger partial charge >= 0.3 is 0 Å². The first-order valence-electron chi connectivity index (χ1n) is 5.96. The third-order valence-electron chi connectivity index (χ3n) is 2.88. The normalized spacial score (nSPS) is 10.3. The summed E-state index contributed by atoms with van der Waals surface area (Å²) in [6.07, 6.45) is 0. The summed E-state index contributed by atoms with van der Waals surface area (Å²) in [7, 11) is 1.65. The Morgan fingerprint density at radius 3 is 2.55 bits per heavy atom. The van der Waals surface area contributed by atoms with Gasteiger partial charge in [-0.25, -0.2) is 4.39 Å². The van der Waals surface area contributed by atoms with Crippen molar-refractivity contribution in [3.05, 3.63) is 63.9 Å². The lowest BCUT2D eigenvalue weighted by molar-refractivity contribution is 0.0783. The van der Waals surface area contributed by atoms with Crippen molar-refractivity contribution in [2.75, 3.05) is 7.05 Å². The maximum Gasteiger partial charge on any atom is 0.255 e. The minimum absolute atomic E-state index is 0.169. The molecule has 1 N–H and O–H groups in total. The Bertz CT molecular complexity index is 628. The highest BCUT2D eigenvalue weighted by Crippen LogP contribution is 2.22. The van der Waals surface area contributed by atoms with E-state index >= 15 is 0 Å². The predicted molar refractivity (Wildman–Crippen MR) is 78.0 cm³/mol. The van der Waals surface area contributed by atoms with E-state index in [0.717, 1.165) is 5.56 Å². The summed E-state index contributed by atoms with van der Waals surface area (Å²) in [5, 5.41) is 9.22. The van der Waals surface area contributed by atoms with Crippen LogP contribution in [0.15, 0.2) is 46.9 Å². The molecule has 5 heteroatoms. The lowest BCUT2D eigenvalue weighted by Crippen LogP contribution is -2.26. The van der Waals surface area contributed by atoms with Crippen LogP contribution in [0.2, 0.25) is 0 Å². The Labute approximate surface area is 124 Å². The Kier molecular flexibility index (Phi) is 4.39. The van der Waals surface area contributed by atoms with Crippen molar-refractivity contribution in [2.24, 2.45) is 0 Å². The zero-order valence-electron chi connectivity index (χ0n) is 10.8. The van der Waals surface area contributed by atoms with Gasteiger partial charge in [0.25, 0.3) is 5.91 Å². The fourth-order valence-electron chi connectivity index (χ4n) is 1.82. The van der Waals surface area contributed by atoms with Crippen LogP contribution in [0, 0.1) is 5.82 Å². The summed E-state index contributed by atoms with van der Waals surface area (Å²) in [6.45, 7) is 0.377. The average Bonchev–Trinajstić information content (AvgIpc) is 2.43. The number of phenols is 1. The largest absolute Gasteiger partial charge is 0.508 e. The fourth-order valence-corrected chi connectivity index (χ4v) is 2.26. The first-order valence-corrected chi connectivity index (χ1v) is 6.75. The van der Waals surface area contributed by atoms with Crippen LogP contribution >= 0.6 is 15.9 Å². The first-order chi connectivity index (χ1) is 9.49. The highest BCUT2D eigenvalue weighted by molar-refractivity contribution is 9.10. The summed E-state index contributed by atoms with van der Waals surface area (Å²) in [5.74, 6) is -0.561. The standard InChI is InChI=1S/C15H13BrFNO2/c1-18(9-10-5-7-11(19)8-6-10)15(20)12-3-2-4-13(17)14(12)16/h2-8,19H,9H2,1H3. The fraction of sp³-hybridized carbons (Fsp3) is 0.133. The second kappa shape index (κ2) is 6.05. The Hall–Kier alpha value is -1.88. The molecule has 0 unspecified atom stereocenters. The molecule has 0 heterocycles. The van der Waals surface area contributed by atoms with E-state index in [1.807, 2.05) is 0 Å². The molecule has 0 saturated carbocycles. The van der Waals surface area contributed by atoms with Crippen LogP contribution in [0.4, 0.5) is 4.39 Å². The molecule has 20 heavy (non-hydrogen) atoms. The molecule has 0 aliphatic rings. The van der Waals surface area contributed by atoms with Crippen LogP contribution in [0.25, 0.3) is 0 Å². The number of carbonyl (C=O) groups is 1. The Morgan fingerprint density at radius 2 is 1.90 bits per heavy atom. The van der Waals surface area contributed by atoms with Gasteiger partial charge in [-0.3, -0.25) is 4.79 Å². The van der Waals surface area contributed by atoms with Crippen LogP contribution in [0.3, 0.4) is 0 Å². The third kappa shape index (κ3) is 3.17. The molecular formula is C15H13BrFNO2. The number of rotatable bonds is 3. The first kappa shape index (κ1) is 14.5. The van der Waals surface area contributed by atoms with Gasteiger partial charge in [0.05, 0.1) is 10.0 Å². The highest BCUT2D eigenvalue weighted by Gasteiger charge is 2.17. The zero-order chi connectivity index (χ0) is 14.7. The van der Waals surface area contributed by atoms with Crippen LogP contribution in [0.5, 0.6) is 5.75 Å². The second-order valence-electron chi connectivity index (χ2n) is 4.43. The summed E-state index contributed by atoms with van der Waals surface area (Å²) < 4.78 is 13.6. The van der Waals surface area contributed by atoms with E-state index < -0.39 is 5.82 Å². The molecule has 2 rings (SSSR count). The van der Waals surface area contributed by atoms with Crippen molar-refractivity contribution in [1.82, 2.24) is 4.90 Å². The summed E-state index contributed by atoms with van der Waals surface area (Å²) >= 11 is 3.09. The van der Waals surface area contributed by atoms with Crippen LogP contribution in [-0.4, -0.2) is 23.0 Å². The smallest absolute Gasteiger partial charge is 0.255 e. The van der Waals surface area contributed by atoms with Gasteiger partial charge in [-0.05, 0) is 45.8 Å². The van der Waals surface area contributed by atoms with Gasteiger partial charge in [0.15, 0.2) is 0 Å². The summed E-state index contributed by atoms with van der Waals surface area (Å²) in [6, 6.07) is 11.0. The van der Waals surface area contributed by atoms with Gasteiger partial charge in [0, 0.05) is 13.6 Å². The lowest BCUT2D eigenvalue weighted by Gasteiger charge is -2.18. The number of benzene rings is 2. The third-order valence-corrected chi connectivity index (χ3v) is 3.69. The summed E-state index contributed by atoms with van der Waals surface area (Å²) in [4.78, 5) is 13.8. The Balaban J connectivity index is 2.16. The van der Waals surface area contributed by atoms with E-state index in [9.17, 15) is 14.3 Å². The molecule has 2 aromatic rings. The van der Waals surface area contributed by atoms with Crippen molar-refractivity contribution in [1.29, 1.82) is 0 Å². The van der Waals surface area contributed by atoms with Crippen LogP contribution in [-0.2, 0) is 6.54 Å². The summed E-state index contributed by atoms with van der Waals surface area (Å²) in [5.41, 5.74) is 1.16. The number of phenolic OH excluding ortho intramolecular Hbond substituents is 1. The molecule has 0 radical (unpaired) electrons. The van der Waals surface area contributed by atoms with Gasteiger partial charge < -0.3 is 10.0 Å². The van der Waals surface area contributed by atoms with Crippen molar-refractivity contribution in [2.45, 2.75) is 6.54 Å². The quantitative estimate of drug-likeness (QED) is 0.930. The average molecular weight is 338 g/mol. The number of amides is 1. The van der Waals surface area contributed by atoms with E-state index in [2.05, 4.69) is 15.9 Å². The van der Waals surface area contributed by atoms with Gasteiger partial charge in [-0.2, -0.15) is 0 Å². The number of hydrogen-bond donors (Lipinski definition) is 1. The highest BCUT2D eigenvalue weighted by atomic mass is 79.9. The van der Waals surface area contributed by atoms with Crippen molar-refractivity contribution in [3.63, 3.8) is 0 Å². The van der Waals surface area contributed by atoms with Crippen molar-refractivity contribution in [3.8, 4) is 5.75 Å². The number of hydrogen-bond acceptors (Lipinski definition) is 2. The molecule has 2 aromatic carbocycles. The SMILES string of the molecule is CN(Cc1ccc(O)cc1)C(=O)c1cccc(F)c1Br. The molecule has 0 fully saturated rings. The maximum absolute atomic E-state index is 13.4. The number of aromatic hydroxyl groups is 1. The van der Waals surface area contributed by atoms with Gasteiger partial charge in [-0.1, -0.05) is 18.2 Å². The zero-order valence-corrected chi connectivity index (χ0v) is 12.4. The van der Waals surface area contributed by atoms with E-state index in [0.29, 0.717) is 6.54 Å². The van der Waals surface area contributed by atoms with Crippen LogP contribution in [0.1, 0.15) is 15.9 Å². The molecule has 104 valence electrons. The van der Waals surface area contributed by atoms with Crippen molar-refractivity contribution >= 4 is 21.8 Å². The van der Waals surface area contributed by atoms with Gasteiger partial charge in [0.2, 0.25) is 0 Å². The number of carbonyl (C=O) groups excluding carboxylic acids is 1. The van der Waals surface area contributed by atoms with Crippen LogP contribution < -0.4 is 0 Å². The molecule has 0 aromatic heterocycles. The lowest BCUT2D eigenvalue weighted by atomic mass is 10.1. The molecule has 0 bridgehead atoms. The van der Waals surface area contributed by atoms with Gasteiger partial charge in [-0.15, -0.1) is 0 Å². The van der Waals surface area contributed by atoms with Gasteiger partial charge in [0.1, 0.15) is 11.6 Å². The minimum Gasteiger partial charge on any atom is -0.508 e. The predicted octanol–water partition coefficient (Wildman–Crippen LogP) is 3.57. The van der Waals surface area contributed by atoms with E-state index in [1.165, 1.54) is 17.0 Å². The number of nitrogens with zero attached hydrogens (tertiary/aromatic N) is 1. The molecule has 0 aliphatic heterocycles. The topological polar surface area (TPSA) is 40.5 Å². The number of halogens is 2. The van der Waals surface area contributed by atoms with E-state index in [1.54, 1.807) is 37.4 Å². The molecule has 3 nitrogen and oxygen atoms in total. The maximum atomic E-state index is 13.4. The molecule has 0 aliphatic carbocycles. The Morgan fingerprint density at radius 1 is 1.25 bits per heavy atom. The molecular weight excluding hydrogens is 325 g/mol. The molecule has 0 spiro atoms. The van der Waals surface area contributed by atoms with Crippen molar-refractivity contribution < 1.29 is 14.3 Å². The molecule has 0 saturated heterocycles. The monoisotopic (exact) mass is 337 g/mol. The van der Waals surface area contributed by atoms with E-state index in [4.69, 9.17) is 0 Å². The van der Waals surface area contributed by atoms with E-state index in [-0.39, 0.29) is 21.7 Å². The second-order valence-corrected chi connectivity index (χ2v) is 5.22. The molecule has 1 amide bonds. The minimum atomic E-state index is -0.464. The molecule has 0 atom stereocenters.